The van der Waals surface area contributed by atoms with Crippen LogP contribution < -0.4 is 0 Å². The minimum atomic E-state index is -0.0394. The van der Waals surface area contributed by atoms with Crippen molar-refractivity contribution in [2.75, 3.05) is 26.2 Å². The van der Waals surface area contributed by atoms with Crippen molar-refractivity contribution in [3.05, 3.63) is 52.8 Å². The van der Waals surface area contributed by atoms with Crippen LogP contribution in [-0.4, -0.2) is 52.1 Å². The van der Waals surface area contributed by atoms with Gasteiger partial charge < -0.3 is 9.80 Å². The van der Waals surface area contributed by atoms with Crippen LogP contribution in [0.2, 0.25) is 5.02 Å². The summed E-state index contributed by atoms with van der Waals surface area (Å²) in [5, 5.41) is 7.37. The van der Waals surface area contributed by atoms with Gasteiger partial charge in [-0.15, -0.1) is 0 Å². The van der Waals surface area contributed by atoms with E-state index in [1.165, 1.54) is 12.8 Å². The Morgan fingerprint density at radius 1 is 1.40 bits per heavy atom. The Labute approximate surface area is 154 Å². The molecular weight excluding hydrogens is 336 g/mol. The Morgan fingerprint density at radius 3 is 2.96 bits per heavy atom. The van der Waals surface area contributed by atoms with Gasteiger partial charge in [0.1, 0.15) is 5.69 Å². The molecule has 2 heterocycles. The van der Waals surface area contributed by atoms with Crippen molar-refractivity contribution in [1.29, 1.82) is 0 Å². The number of carbonyl (C=O) groups is 1. The van der Waals surface area contributed by atoms with Crippen LogP contribution in [0.3, 0.4) is 0 Å². The smallest absolute Gasteiger partial charge is 0.272 e. The lowest BCUT2D eigenvalue weighted by Gasteiger charge is -2.33. The van der Waals surface area contributed by atoms with Gasteiger partial charge in [0.25, 0.3) is 5.91 Å². The fraction of sp³-hybridized carbons (Fsp3) is 0.474. The van der Waals surface area contributed by atoms with Crippen LogP contribution in [0.15, 0.2) is 36.5 Å². The van der Waals surface area contributed by atoms with E-state index < -0.39 is 0 Å². The topological polar surface area (TPSA) is 52.2 Å². The zero-order valence-corrected chi connectivity index (χ0v) is 15.4. The zero-order chi connectivity index (χ0) is 17.6. The molecule has 25 heavy (non-hydrogen) atoms. The first kappa shape index (κ1) is 18.0. The second-order valence-corrected chi connectivity index (χ2v) is 7.24. The summed E-state index contributed by atoms with van der Waals surface area (Å²) in [6, 6.07) is 9.40. The van der Waals surface area contributed by atoms with E-state index in [0.717, 1.165) is 31.1 Å². The third kappa shape index (κ3) is 4.83. The second-order valence-electron chi connectivity index (χ2n) is 6.84. The predicted molar refractivity (Wildman–Crippen MR) is 99.6 cm³/mol. The van der Waals surface area contributed by atoms with Crippen LogP contribution in [0.1, 0.15) is 35.8 Å². The number of halogens is 1. The lowest BCUT2D eigenvalue weighted by Crippen LogP contribution is -2.42. The van der Waals surface area contributed by atoms with Crippen LogP contribution in [-0.2, 0) is 6.54 Å². The highest BCUT2D eigenvalue weighted by atomic mass is 35.5. The van der Waals surface area contributed by atoms with Crippen molar-refractivity contribution in [3.8, 4) is 0 Å². The van der Waals surface area contributed by atoms with Crippen molar-refractivity contribution >= 4 is 17.5 Å². The van der Waals surface area contributed by atoms with Crippen LogP contribution in [0.5, 0.6) is 0 Å². The summed E-state index contributed by atoms with van der Waals surface area (Å²) in [6.45, 7) is 6.58. The summed E-state index contributed by atoms with van der Waals surface area (Å²) in [5.74, 6) is 0.691. The molecule has 6 heteroatoms. The van der Waals surface area contributed by atoms with Gasteiger partial charge in [0.05, 0.1) is 0 Å². The second kappa shape index (κ2) is 8.50. The minimum absolute atomic E-state index is 0.0394. The summed E-state index contributed by atoms with van der Waals surface area (Å²) in [6.07, 6.45) is 4.14. The molecule has 3 rings (SSSR count). The average Bonchev–Trinajstić information content (AvgIpc) is 3.14. The monoisotopic (exact) mass is 360 g/mol. The maximum atomic E-state index is 12.9. The fourth-order valence-electron chi connectivity index (χ4n) is 3.38. The first-order valence-electron chi connectivity index (χ1n) is 8.88. The molecule has 1 aromatic heterocycles. The number of amides is 1. The number of aromatic amines is 1. The van der Waals surface area contributed by atoms with Gasteiger partial charge in [-0.05, 0) is 43.0 Å². The van der Waals surface area contributed by atoms with E-state index in [2.05, 4.69) is 22.0 Å². The summed E-state index contributed by atoms with van der Waals surface area (Å²) >= 11 is 6.30. The Balaban J connectivity index is 1.70. The Kier molecular flexibility index (Phi) is 6.10. The van der Waals surface area contributed by atoms with Gasteiger partial charge in [0, 0.05) is 37.4 Å². The number of hydrogen-bond acceptors (Lipinski definition) is 3. The lowest BCUT2D eigenvalue weighted by atomic mass is 10.0. The molecule has 1 aliphatic heterocycles. The summed E-state index contributed by atoms with van der Waals surface area (Å²) in [4.78, 5) is 17.2. The quantitative estimate of drug-likeness (QED) is 0.858. The molecule has 1 N–H and O–H groups in total. The number of rotatable bonds is 6. The number of carbonyl (C=O) groups excluding carboxylic acids is 1. The number of H-pyrrole nitrogens is 1. The minimum Gasteiger partial charge on any atom is -0.332 e. The molecule has 1 amide bonds. The van der Waals surface area contributed by atoms with Crippen molar-refractivity contribution in [2.45, 2.75) is 26.3 Å². The van der Waals surface area contributed by atoms with Gasteiger partial charge >= 0.3 is 0 Å². The Hall–Kier alpha value is -1.85. The molecule has 134 valence electrons. The molecule has 1 atom stereocenters. The van der Waals surface area contributed by atoms with Gasteiger partial charge in [-0.2, -0.15) is 5.10 Å². The molecule has 1 aliphatic rings. The Morgan fingerprint density at radius 2 is 2.24 bits per heavy atom. The summed E-state index contributed by atoms with van der Waals surface area (Å²) < 4.78 is 0. The third-order valence-electron chi connectivity index (χ3n) is 4.76. The molecule has 1 saturated heterocycles. The maximum Gasteiger partial charge on any atom is 0.272 e. The maximum absolute atomic E-state index is 12.9. The lowest BCUT2D eigenvalue weighted by molar-refractivity contribution is 0.0701. The van der Waals surface area contributed by atoms with E-state index in [0.29, 0.717) is 23.8 Å². The number of piperidine rings is 1. The number of aromatic nitrogens is 2. The molecule has 1 fully saturated rings. The van der Waals surface area contributed by atoms with Gasteiger partial charge in [-0.3, -0.25) is 9.89 Å². The normalized spacial score (nSPS) is 18.2. The SMILES string of the molecule is CC1CCCN(CCN(Cc2ccccc2Cl)C(=O)c2ccn[nH]2)C1. The van der Waals surface area contributed by atoms with Gasteiger partial charge in [0.2, 0.25) is 0 Å². The van der Waals surface area contributed by atoms with Gasteiger partial charge in [0.15, 0.2) is 0 Å². The van der Waals surface area contributed by atoms with E-state index in [1.807, 2.05) is 29.2 Å². The largest absolute Gasteiger partial charge is 0.332 e. The molecule has 2 aromatic rings. The zero-order valence-electron chi connectivity index (χ0n) is 14.6. The van der Waals surface area contributed by atoms with Crippen molar-refractivity contribution in [2.24, 2.45) is 5.92 Å². The van der Waals surface area contributed by atoms with E-state index in [9.17, 15) is 4.79 Å². The standard InChI is InChI=1S/C19H25ClN4O/c1-15-5-4-10-23(13-15)11-12-24(19(25)18-8-9-21-22-18)14-16-6-2-3-7-17(16)20/h2-3,6-9,15H,4-5,10-14H2,1H3,(H,21,22). The third-order valence-corrected chi connectivity index (χ3v) is 5.13. The number of hydrogen-bond donors (Lipinski definition) is 1. The highest BCUT2D eigenvalue weighted by Crippen LogP contribution is 2.19. The first-order valence-corrected chi connectivity index (χ1v) is 9.25. The van der Waals surface area contributed by atoms with Crippen molar-refractivity contribution in [3.63, 3.8) is 0 Å². The summed E-state index contributed by atoms with van der Waals surface area (Å²) in [5.41, 5.74) is 1.48. The van der Waals surface area contributed by atoms with E-state index >= 15 is 0 Å². The number of nitrogens with one attached hydrogen (secondary N) is 1. The molecule has 0 aliphatic carbocycles. The predicted octanol–water partition coefficient (Wildman–Crippen LogP) is 3.44. The number of benzene rings is 1. The van der Waals surface area contributed by atoms with Crippen LogP contribution >= 0.6 is 11.6 Å². The van der Waals surface area contributed by atoms with Crippen LogP contribution in [0.4, 0.5) is 0 Å². The fourth-order valence-corrected chi connectivity index (χ4v) is 3.58. The number of nitrogens with zero attached hydrogens (tertiary/aromatic N) is 3. The molecular formula is C19H25ClN4O. The highest BCUT2D eigenvalue weighted by Gasteiger charge is 2.21. The molecule has 0 spiro atoms. The average molecular weight is 361 g/mol. The molecule has 0 saturated carbocycles. The number of likely N-dealkylation sites (tertiary alicyclic amines) is 1. The highest BCUT2D eigenvalue weighted by molar-refractivity contribution is 6.31. The van der Waals surface area contributed by atoms with Crippen molar-refractivity contribution in [1.82, 2.24) is 20.0 Å². The molecule has 5 nitrogen and oxygen atoms in total. The molecule has 1 aromatic carbocycles. The Bertz CT molecular complexity index is 688. The van der Waals surface area contributed by atoms with Crippen LogP contribution in [0.25, 0.3) is 0 Å². The molecule has 1 unspecified atom stereocenters. The molecule has 0 bridgehead atoms. The van der Waals surface area contributed by atoms with E-state index in [4.69, 9.17) is 11.6 Å². The summed E-state index contributed by atoms with van der Waals surface area (Å²) in [7, 11) is 0. The van der Waals surface area contributed by atoms with Crippen molar-refractivity contribution < 1.29 is 4.79 Å². The first-order chi connectivity index (χ1) is 12.1. The van der Waals surface area contributed by atoms with Gasteiger partial charge in [-0.25, -0.2) is 0 Å². The van der Waals surface area contributed by atoms with Gasteiger partial charge in [-0.1, -0.05) is 36.7 Å². The van der Waals surface area contributed by atoms with E-state index in [-0.39, 0.29) is 5.91 Å². The van der Waals surface area contributed by atoms with E-state index in [1.54, 1.807) is 12.3 Å². The molecule has 0 radical (unpaired) electrons. The van der Waals surface area contributed by atoms with Crippen LogP contribution in [0, 0.1) is 5.92 Å².